The van der Waals surface area contributed by atoms with E-state index in [1.165, 1.54) is 11.1 Å². The third kappa shape index (κ3) is 3.60. The van der Waals surface area contributed by atoms with E-state index in [9.17, 15) is 5.11 Å². The molecule has 1 heteroatoms. The van der Waals surface area contributed by atoms with E-state index in [4.69, 9.17) is 0 Å². The first kappa shape index (κ1) is 10.3. The lowest BCUT2D eigenvalue weighted by atomic mass is 10.0. The predicted octanol–water partition coefficient (Wildman–Crippen LogP) is 2.70. The zero-order valence-electron chi connectivity index (χ0n) is 8.46. The largest absolute Gasteiger partial charge is 0.393 e. The summed E-state index contributed by atoms with van der Waals surface area (Å²) in [6, 6.07) is 8.34. The predicted molar refractivity (Wildman–Crippen MR) is 55.8 cm³/mol. The van der Waals surface area contributed by atoms with Crippen LogP contribution in [0.3, 0.4) is 0 Å². The summed E-state index contributed by atoms with van der Waals surface area (Å²) in [7, 11) is 0. The van der Waals surface area contributed by atoms with Gasteiger partial charge in [0.15, 0.2) is 0 Å². The van der Waals surface area contributed by atoms with Gasteiger partial charge in [0.2, 0.25) is 0 Å². The Balaban J connectivity index is 2.53. The maximum absolute atomic E-state index is 9.59. The van der Waals surface area contributed by atoms with Crippen LogP contribution in [0.25, 0.3) is 0 Å². The second-order valence-electron chi connectivity index (χ2n) is 3.64. The second-order valence-corrected chi connectivity index (χ2v) is 3.64. The summed E-state index contributed by atoms with van der Waals surface area (Å²) >= 11 is 0. The van der Waals surface area contributed by atoms with E-state index < -0.39 is 0 Å². The van der Waals surface area contributed by atoms with Gasteiger partial charge in [-0.25, -0.2) is 0 Å². The summed E-state index contributed by atoms with van der Waals surface area (Å²) in [5, 5.41) is 9.59. The van der Waals surface area contributed by atoms with Crippen molar-refractivity contribution in [2.24, 2.45) is 0 Å². The molecule has 1 N–H and O–H groups in total. The summed E-state index contributed by atoms with van der Waals surface area (Å²) < 4.78 is 0. The van der Waals surface area contributed by atoms with Crippen molar-refractivity contribution in [3.8, 4) is 0 Å². The molecule has 0 bridgehead atoms. The SMILES string of the molecule is CCC[C@@H](O)Cc1cccc(C)c1. The molecule has 1 aromatic carbocycles. The summed E-state index contributed by atoms with van der Waals surface area (Å²) in [6.45, 7) is 4.18. The Morgan fingerprint density at radius 3 is 2.77 bits per heavy atom. The van der Waals surface area contributed by atoms with Gasteiger partial charge in [0.1, 0.15) is 0 Å². The normalized spacial score (nSPS) is 12.8. The molecule has 0 amide bonds. The first-order chi connectivity index (χ1) is 6.22. The lowest BCUT2D eigenvalue weighted by Gasteiger charge is -2.09. The van der Waals surface area contributed by atoms with Crippen LogP contribution in [0.1, 0.15) is 30.9 Å². The number of aliphatic hydroxyl groups excluding tert-OH is 1. The Kier molecular flexibility index (Phi) is 3.97. The third-order valence-electron chi connectivity index (χ3n) is 2.18. The summed E-state index contributed by atoms with van der Waals surface area (Å²) in [6.07, 6.45) is 2.56. The first-order valence-electron chi connectivity index (χ1n) is 4.96. The highest BCUT2D eigenvalue weighted by Gasteiger charge is 2.03. The van der Waals surface area contributed by atoms with Crippen LogP contribution in [0.5, 0.6) is 0 Å². The van der Waals surface area contributed by atoms with Crippen molar-refractivity contribution < 1.29 is 5.11 Å². The molecule has 1 aromatic rings. The molecule has 1 atom stereocenters. The van der Waals surface area contributed by atoms with Crippen LogP contribution >= 0.6 is 0 Å². The number of aliphatic hydroxyl groups is 1. The lowest BCUT2D eigenvalue weighted by Crippen LogP contribution is -2.09. The number of hydrogen-bond donors (Lipinski definition) is 1. The number of hydrogen-bond acceptors (Lipinski definition) is 1. The lowest BCUT2D eigenvalue weighted by molar-refractivity contribution is 0.164. The fourth-order valence-electron chi connectivity index (χ4n) is 1.55. The van der Waals surface area contributed by atoms with Gasteiger partial charge in [-0.15, -0.1) is 0 Å². The van der Waals surface area contributed by atoms with Gasteiger partial charge >= 0.3 is 0 Å². The molecule has 1 rings (SSSR count). The maximum Gasteiger partial charge on any atom is 0.0580 e. The molecule has 0 unspecified atom stereocenters. The van der Waals surface area contributed by atoms with E-state index in [1.807, 2.05) is 6.07 Å². The average molecular weight is 178 g/mol. The van der Waals surface area contributed by atoms with E-state index in [-0.39, 0.29) is 6.10 Å². The van der Waals surface area contributed by atoms with Gasteiger partial charge in [-0.3, -0.25) is 0 Å². The Morgan fingerprint density at radius 1 is 1.38 bits per heavy atom. The quantitative estimate of drug-likeness (QED) is 0.751. The van der Waals surface area contributed by atoms with Crippen LogP contribution in [-0.2, 0) is 6.42 Å². The zero-order chi connectivity index (χ0) is 9.68. The summed E-state index contributed by atoms with van der Waals surface area (Å²) in [5.74, 6) is 0. The molecule has 0 saturated carbocycles. The standard InChI is InChI=1S/C12H18O/c1-3-5-12(13)9-11-7-4-6-10(2)8-11/h4,6-8,12-13H,3,5,9H2,1-2H3/t12-/m1/s1. The van der Waals surface area contributed by atoms with Crippen molar-refractivity contribution in [1.82, 2.24) is 0 Å². The van der Waals surface area contributed by atoms with E-state index >= 15 is 0 Å². The Morgan fingerprint density at radius 2 is 2.15 bits per heavy atom. The fraction of sp³-hybridized carbons (Fsp3) is 0.500. The summed E-state index contributed by atoms with van der Waals surface area (Å²) in [5.41, 5.74) is 2.50. The van der Waals surface area contributed by atoms with Gasteiger partial charge in [0.25, 0.3) is 0 Å². The van der Waals surface area contributed by atoms with Crippen molar-refractivity contribution in [1.29, 1.82) is 0 Å². The van der Waals surface area contributed by atoms with Gasteiger partial charge in [0, 0.05) is 0 Å². The molecule has 0 aliphatic heterocycles. The van der Waals surface area contributed by atoms with Gasteiger partial charge < -0.3 is 5.11 Å². The highest BCUT2D eigenvalue weighted by atomic mass is 16.3. The Bertz CT molecular complexity index is 255. The molecule has 0 aliphatic rings. The van der Waals surface area contributed by atoms with E-state index in [1.54, 1.807) is 0 Å². The van der Waals surface area contributed by atoms with Crippen molar-refractivity contribution in [3.05, 3.63) is 35.4 Å². The molecule has 0 spiro atoms. The average Bonchev–Trinajstić information content (AvgIpc) is 2.04. The molecule has 13 heavy (non-hydrogen) atoms. The molecule has 0 saturated heterocycles. The minimum Gasteiger partial charge on any atom is -0.393 e. The molecule has 72 valence electrons. The number of benzene rings is 1. The van der Waals surface area contributed by atoms with Gasteiger partial charge in [-0.05, 0) is 25.3 Å². The maximum atomic E-state index is 9.59. The molecule has 0 fully saturated rings. The third-order valence-corrected chi connectivity index (χ3v) is 2.18. The molecule has 1 nitrogen and oxygen atoms in total. The highest BCUT2D eigenvalue weighted by Crippen LogP contribution is 2.09. The van der Waals surface area contributed by atoms with Crippen molar-refractivity contribution in [3.63, 3.8) is 0 Å². The van der Waals surface area contributed by atoms with Crippen molar-refractivity contribution in [2.45, 2.75) is 39.2 Å². The van der Waals surface area contributed by atoms with Crippen molar-refractivity contribution in [2.75, 3.05) is 0 Å². The number of aryl methyl sites for hydroxylation is 1. The van der Waals surface area contributed by atoms with Crippen LogP contribution in [0.2, 0.25) is 0 Å². The highest BCUT2D eigenvalue weighted by molar-refractivity contribution is 5.22. The van der Waals surface area contributed by atoms with Gasteiger partial charge in [0.05, 0.1) is 6.10 Å². The first-order valence-corrected chi connectivity index (χ1v) is 4.96. The van der Waals surface area contributed by atoms with Crippen LogP contribution in [0.15, 0.2) is 24.3 Å². The van der Waals surface area contributed by atoms with Crippen LogP contribution in [0, 0.1) is 6.92 Å². The molecular weight excluding hydrogens is 160 g/mol. The van der Waals surface area contributed by atoms with Crippen LogP contribution < -0.4 is 0 Å². The second kappa shape index (κ2) is 5.03. The minimum atomic E-state index is -0.174. The molecule has 0 aliphatic carbocycles. The zero-order valence-corrected chi connectivity index (χ0v) is 8.46. The topological polar surface area (TPSA) is 20.2 Å². The molecule has 0 aromatic heterocycles. The molecule has 0 heterocycles. The van der Waals surface area contributed by atoms with Crippen LogP contribution in [0.4, 0.5) is 0 Å². The Labute approximate surface area is 80.4 Å². The smallest absolute Gasteiger partial charge is 0.0580 e. The van der Waals surface area contributed by atoms with E-state index in [0.717, 1.165) is 19.3 Å². The minimum absolute atomic E-state index is 0.174. The molecular formula is C12H18O. The Hall–Kier alpha value is -0.820. The van der Waals surface area contributed by atoms with E-state index in [0.29, 0.717) is 0 Å². The molecule has 0 radical (unpaired) electrons. The number of rotatable bonds is 4. The monoisotopic (exact) mass is 178 g/mol. The van der Waals surface area contributed by atoms with E-state index in [2.05, 4.69) is 32.0 Å². The van der Waals surface area contributed by atoms with Gasteiger partial charge in [-0.2, -0.15) is 0 Å². The van der Waals surface area contributed by atoms with Crippen molar-refractivity contribution >= 4 is 0 Å². The van der Waals surface area contributed by atoms with Crippen LogP contribution in [-0.4, -0.2) is 11.2 Å². The van der Waals surface area contributed by atoms with Gasteiger partial charge in [-0.1, -0.05) is 43.2 Å². The fourth-order valence-corrected chi connectivity index (χ4v) is 1.55. The summed E-state index contributed by atoms with van der Waals surface area (Å²) in [4.78, 5) is 0.